The Hall–Kier alpha value is -3.11. The van der Waals surface area contributed by atoms with Crippen LogP contribution >= 0.6 is 0 Å². The summed E-state index contributed by atoms with van der Waals surface area (Å²) < 4.78 is 0. The van der Waals surface area contributed by atoms with Crippen LogP contribution in [0.15, 0.2) is 30.5 Å². The van der Waals surface area contributed by atoms with E-state index in [2.05, 4.69) is 21.2 Å². The van der Waals surface area contributed by atoms with Crippen LogP contribution in [0.5, 0.6) is 0 Å². The number of nitrogens with two attached hydrogens (primary N) is 1. The number of guanidine groups is 1. The molecule has 27 heavy (non-hydrogen) atoms. The van der Waals surface area contributed by atoms with Crippen LogP contribution < -0.4 is 21.9 Å². The van der Waals surface area contributed by atoms with Crippen LogP contribution in [0.4, 0.5) is 0 Å². The molecule has 0 unspecified atom stereocenters. The van der Waals surface area contributed by atoms with Crippen LogP contribution in [0, 0.1) is 5.41 Å². The number of rotatable bonds is 11. The van der Waals surface area contributed by atoms with Crippen molar-refractivity contribution in [2.75, 3.05) is 6.54 Å². The number of carbonyl (C=O) groups is 2. The summed E-state index contributed by atoms with van der Waals surface area (Å²) in [4.78, 5) is 26.0. The Morgan fingerprint density at radius 1 is 1.15 bits per heavy atom. The van der Waals surface area contributed by atoms with Gasteiger partial charge in [0.15, 0.2) is 5.96 Å². The van der Waals surface area contributed by atoms with Crippen molar-refractivity contribution in [1.29, 1.82) is 5.41 Å². The highest BCUT2D eigenvalue weighted by atomic mass is 16.4. The van der Waals surface area contributed by atoms with Gasteiger partial charge in [0.2, 0.25) is 0 Å². The zero-order chi connectivity index (χ0) is 19.8. The van der Waals surface area contributed by atoms with Gasteiger partial charge < -0.3 is 26.2 Å². The molecule has 2 atom stereocenters. The molecule has 0 aliphatic heterocycles. The highest BCUT2D eigenvalue weighted by Gasteiger charge is 2.23. The third-order valence-electron chi connectivity index (χ3n) is 4.11. The first-order chi connectivity index (χ1) is 12.9. The van der Waals surface area contributed by atoms with E-state index in [1.807, 2.05) is 24.3 Å². The van der Waals surface area contributed by atoms with E-state index in [-0.39, 0.29) is 18.8 Å². The third kappa shape index (κ3) is 5.97. The first-order valence-electron chi connectivity index (χ1n) is 8.48. The van der Waals surface area contributed by atoms with Gasteiger partial charge in [0.1, 0.15) is 12.1 Å². The fraction of sp³-hybridized carbons (Fsp3) is 0.353. The van der Waals surface area contributed by atoms with E-state index < -0.39 is 24.0 Å². The first kappa shape index (κ1) is 20.2. The van der Waals surface area contributed by atoms with Gasteiger partial charge in [0.05, 0.1) is 0 Å². The average molecular weight is 376 g/mol. The van der Waals surface area contributed by atoms with E-state index in [1.165, 1.54) is 0 Å². The summed E-state index contributed by atoms with van der Waals surface area (Å²) in [6.07, 6.45) is 2.63. The summed E-state index contributed by atoms with van der Waals surface area (Å²) in [6, 6.07) is 5.59. The Kier molecular flexibility index (Phi) is 7.15. The van der Waals surface area contributed by atoms with Crippen molar-refractivity contribution in [2.45, 2.75) is 31.3 Å². The second-order valence-electron chi connectivity index (χ2n) is 6.12. The number of nitrogens with one attached hydrogen (secondary N) is 5. The molecule has 2 aromatic rings. The van der Waals surface area contributed by atoms with Crippen LogP contribution in [0.2, 0.25) is 0 Å². The number of hydrogen-bond acceptors (Lipinski definition) is 5. The molecule has 10 heteroatoms. The number of benzene rings is 1. The molecule has 9 N–H and O–H groups in total. The number of aromatic nitrogens is 1. The fourth-order valence-corrected chi connectivity index (χ4v) is 2.71. The standard InChI is InChI=1S/C17H24N6O4/c18-17(19)20-7-3-6-13(15(24)25)22-23-14(16(26)27)8-10-9-21-12-5-2-1-4-11(10)12/h1-2,4-5,9,13-14,21-23H,3,6-8H2,(H,24,25)(H,26,27)(H4,18,19,20)/t13-,14-/m0/s1. The molecule has 0 aliphatic carbocycles. The molecular weight excluding hydrogens is 352 g/mol. The predicted molar refractivity (Wildman–Crippen MR) is 100 cm³/mol. The van der Waals surface area contributed by atoms with E-state index in [9.17, 15) is 19.8 Å². The van der Waals surface area contributed by atoms with Crippen LogP contribution in [-0.2, 0) is 16.0 Å². The van der Waals surface area contributed by atoms with Gasteiger partial charge in [-0.25, -0.2) is 10.9 Å². The van der Waals surface area contributed by atoms with Crippen molar-refractivity contribution in [2.24, 2.45) is 5.73 Å². The second-order valence-corrected chi connectivity index (χ2v) is 6.12. The van der Waals surface area contributed by atoms with Gasteiger partial charge in [-0.3, -0.25) is 15.0 Å². The lowest BCUT2D eigenvalue weighted by Gasteiger charge is -2.20. The van der Waals surface area contributed by atoms with Crippen LogP contribution in [0.25, 0.3) is 10.9 Å². The van der Waals surface area contributed by atoms with E-state index in [0.717, 1.165) is 16.5 Å². The van der Waals surface area contributed by atoms with Crippen molar-refractivity contribution in [1.82, 2.24) is 21.2 Å². The van der Waals surface area contributed by atoms with Gasteiger partial charge in [-0.05, 0) is 24.5 Å². The highest BCUT2D eigenvalue weighted by Crippen LogP contribution is 2.19. The summed E-state index contributed by atoms with van der Waals surface area (Å²) in [5.41, 5.74) is 12.1. The Labute approximate surface area is 155 Å². The molecule has 0 amide bonds. The van der Waals surface area contributed by atoms with Crippen LogP contribution in [0.1, 0.15) is 18.4 Å². The quantitative estimate of drug-likeness (QED) is 0.117. The number of para-hydroxylation sites is 1. The first-order valence-corrected chi connectivity index (χ1v) is 8.48. The summed E-state index contributed by atoms with van der Waals surface area (Å²) in [5, 5.41) is 29.3. The van der Waals surface area contributed by atoms with Crippen molar-refractivity contribution >= 4 is 28.8 Å². The molecule has 2 rings (SSSR count). The largest absolute Gasteiger partial charge is 0.480 e. The molecule has 1 heterocycles. The lowest BCUT2D eigenvalue weighted by atomic mass is 10.1. The fourth-order valence-electron chi connectivity index (χ4n) is 2.71. The van der Waals surface area contributed by atoms with Gasteiger partial charge in [-0.1, -0.05) is 18.2 Å². The number of aliphatic carboxylic acids is 2. The molecule has 0 spiro atoms. The maximum atomic E-state index is 11.6. The minimum absolute atomic E-state index is 0.183. The number of carboxylic acids is 2. The Morgan fingerprint density at radius 3 is 2.48 bits per heavy atom. The SMILES string of the molecule is N=C(N)NCCC[C@H](NN[C@@H](Cc1c[nH]c2ccccc12)C(=O)O)C(=O)O. The highest BCUT2D eigenvalue weighted by molar-refractivity contribution is 5.84. The van der Waals surface area contributed by atoms with Gasteiger partial charge in [-0.15, -0.1) is 0 Å². The minimum Gasteiger partial charge on any atom is -0.480 e. The van der Waals surface area contributed by atoms with Crippen molar-refractivity contribution in [3.63, 3.8) is 0 Å². The van der Waals surface area contributed by atoms with Crippen molar-refractivity contribution < 1.29 is 19.8 Å². The Balaban J connectivity index is 1.94. The van der Waals surface area contributed by atoms with E-state index in [4.69, 9.17) is 11.1 Å². The molecule has 0 bridgehead atoms. The maximum absolute atomic E-state index is 11.6. The molecule has 0 fully saturated rings. The summed E-state index contributed by atoms with van der Waals surface area (Å²) in [5.74, 6) is -2.37. The summed E-state index contributed by atoms with van der Waals surface area (Å²) in [6.45, 7) is 0.360. The van der Waals surface area contributed by atoms with Gasteiger partial charge in [0.25, 0.3) is 0 Å². The molecule has 1 aromatic heterocycles. The van der Waals surface area contributed by atoms with Crippen LogP contribution in [-0.4, -0.2) is 51.7 Å². The van der Waals surface area contributed by atoms with Crippen molar-refractivity contribution in [3.8, 4) is 0 Å². The topological polar surface area (TPSA) is 176 Å². The van der Waals surface area contributed by atoms with Gasteiger partial charge in [-0.2, -0.15) is 0 Å². The molecule has 0 saturated heterocycles. The number of hydrazine groups is 1. The Bertz CT molecular complexity index is 806. The number of aromatic amines is 1. The monoisotopic (exact) mass is 376 g/mol. The number of hydrogen-bond donors (Lipinski definition) is 8. The lowest BCUT2D eigenvalue weighted by molar-refractivity contribution is -0.143. The average Bonchev–Trinajstić information content (AvgIpc) is 3.02. The normalized spacial score (nSPS) is 13.2. The number of carboxylic acid groups (broad SMARTS) is 2. The lowest BCUT2D eigenvalue weighted by Crippen LogP contribution is -2.53. The molecule has 1 aromatic carbocycles. The number of fused-ring (bicyclic) bond motifs is 1. The van der Waals surface area contributed by atoms with E-state index in [0.29, 0.717) is 13.0 Å². The molecule has 10 nitrogen and oxygen atoms in total. The molecular formula is C17H24N6O4. The van der Waals surface area contributed by atoms with E-state index in [1.54, 1.807) is 6.20 Å². The predicted octanol–water partition coefficient (Wildman–Crippen LogP) is -0.0257. The Morgan fingerprint density at radius 2 is 1.81 bits per heavy atom. The minimum atomic E-state index is -1.10. The van der Waals surface area contributed by atoms with Gasteiger partial charge in [0, 0.05) is 30.1 Å². The maximum Gasteiger partial charge on any atom is 0.322 e. The summed E-state index contributed by atoms with van der Waals surface area (Å²) >= 11 is 0. The van der Waals surface area contributed by atoms with E-state index >= 15 is 0 Å². The van der Waals surface area contributed by atoms with Crippen LogP contribution in [0.3, 0.4) is 0 Å². The molecule has 0 radical (unpaired) electrons. The van der Waals surface area contributed by atoms with Crippen molar-refractivity contribution in [3.05, 3.63) is 36.0 Å². The zero-order valence-electron chi connectivity index (χ0n) is 14.7. The van der Waals surface area contributed by atoms with Gasteiger partial charge >= 0.3 is 11.9 Å². The number of H-pyrrole nitrogens is 1. The summed E-state index contributed by atoms with van der Waals surface area (Å²) in [7, 11) is 0. The smallest absolute Gasteiger partial charge is 0.322 e. The molecule has 146 valence electrons. The molecule has 0 saturated carbocycles. The zero-order valence-corrected chi connectivity index (χ0v) is 14.7. The molecule has 0 aliphatic rings. The second kappa shape index (κ2) is 9.55. The third-order valence-corrected chi connectivity index (χ3v) is 4.11.